The van der Waals surface area contributed by atoms with Gasteiger partial charge in [-0.3, -0.25) is 9.89 Å². The van der Waals surface area contributed by atoms with Crippen LogP contribution in [0.1, 0.15) is 31.4 Å². The summed E-state index contributed by atoms with van der Waals surface area (Å²) in [6.45, 7) is 2.45. The lowest BCUT2D eigenvalue weighted by Crippen LogP contribution is -2.43. The van der Waals surface area contributed by atoms with Crippen molar-refractivity contribution in [2.75, 3.05) is 20.2 Å². The maximum atomic E-state index is 13.0. The molecule has 3 aromatic rings. The summed E-state index contributed by atoms with van der Waals surface area (Å²) in [5, 5.41) is 9.51. The number of hydrogen-bond donors (Lipinski definition) is 2. The van der Waals surface area contributed by atoms with E-state index in [0.717, 1.165) is 11.3 Å². The fraction of sp³-hybridized carbons (Fsp3) is 0.364. The maximum Gasteiger partial charge on any atom is 0.276 e. The molecule has 1 aromatic carbocycles. The zero-order valence-electron chi connectivity index (χ0n) is 17.9. The summed E-state index contributed by atoms with van der Waals surface area (Å²) >= 11 is 0. The summed E-state index contributed by atoms with van der Waals surface area (Å²) in [7, 11) is -2.16. The van der Waals surface area contributed by atoms with Crippen molar-refractivity contribution in [3.63, 3.8) is 0 Å². The maximum absolute atomic E-state index is 13.0. The molecule has 1 aliphatic rings. The second-order valence-corrected chi connectivity index (χ2v) is 9.64. The molecule has 0 aliphatic carbocycles. The third-order valence-corrected chi connectivity index (χ3v) is 7.51. The highest BCUT2D eigenvalue weighted by molar-refractivity contribution is 7.89. The van der Waals surface area contributed by atoms with Gasteiger partial charge in [0.25, 0.3) is 10.0 Å². The number of piperidine rings is 1. The number of aromatic amines is 1. The van der Waals surface area contributed by atoms with E-state index in [2.05, 4.69) is 15.5 Å². The first-order valence-electron chi connectivity index (χ1n) is 10.4. The third kappa shape index (κ3) is 4.56. The Labute approximate surface area is 186 Å². The molecule has 1 amide bonds. The molecule has 0 saturated carbocycles. The van der Waals surface area contributed by atoms with E-state index in [0.29, 0.717) is 24.3 Å². The number of amides is 1. The minimum atomic E-state index is -3.77. The number of sulfonamides is 1. The van der Waals surface area contributed by atoms with Crippen molar-refractivity contribution in [2.24, 2.45) is 5.92 Å². The quantitative estimate of drug-likeness (QED) is 0.562. The van der Waals surface area contributed by atoms with Crippen LogP contribution in [0.5, 0.6) is 5.75 Å². The lowest BCUT2D eigenvalue weighted by molar-refractivity contribution is -0.126. The van der Waals surface area contributed by atoms with Crippen LogP contribution in [0.15, 0.2) is 58.2 Å². The molecule has 10 heteroatoms. The molecule has 1 atom stereocenters. The highest BCUT2D eigenvalue weighted by Crippen LogP contribution is 2.28. The average molecular weight is 459 g/mol. The molecule has 0 radical (unpaired) electrons. The van der Waals surface area contributed by atoms with Gasteiger partial charge in [0.05, 0.1) is 13.2 Å². The number of carbonyl (C=O) groups is 1. The summed E-state index contributed by atoms with van der Waals surface area (Å²) < 4.78 is 38.0. The lowest BCUT2D eigenvalue weighted by atomic mass is 9.96. The predicted octanol–water partition coefficient (Wildman–Crippen LogP) is 2.96. The molecule has 1 fully saturated rings. The first-order chi connectivity index (χ1) is 15.4. The minimum absolute atomic E-state index is 0.0649. The monoisotopic (exact) mass is 458 g/mol. The molecule has 2 N–H and O–H groups in total. The zero-order valence-corrected chi connectivity index (χ0v) is 18.8. The minimum Gasteiger partial charge on any atom is -0.497 e. The molecule has 170 valence electrons. The van der Waals surface area contributed by atoms with Gasteiger partial charge in [-0.05, 0) is 55.7 Å². The second kappa shape index (κ2) is 9.17. The molecule has 4 rings (SSSR count). The van der Waals surface area contributed by atoms with E-state index in [1.807, 2.05) is 31.2 Å². The molecule has 2 aromatic heterocycles. The van der Waals surface area contributed by atoms with Crippen molar-refractivity contribution >= 4 is 15.9 Å². The van der Waals surface area contributed by atoms with Gasteiger partial charge in [0.1, 0.15) is 11.4 Å². The standard InChI is InChI=1S/C22H26N4O5S/c1-15(16-3-5-18(30-2)6-4-16)24-22(27)17-10-13-26(14-11-17)32(28,29)21-8-7-20(31-21)19-9-12-23-25-19/h3-9,12,15,17H,10-11,13-14H2,1-2H3,(H,23,25)(H,24,27). The van der Waals surface area contributed by atoms with Crippen LogP contribution in [-0.4, -0.2) is 49.0 Å². The van der Waals surface area contributed by atoms with Crippen molar-refractivity contribution in [1.82, 2.24) is 19.8 Å². The van der Waals surface area contributed by atoms with Crippen molar-refractivity contribution in [2.45, 2.75) is 30.9 Å². The van der Waals surface area contributed by atoms with E-state index in [-0.39, 0.29) is 36.0 Å². The first kappa shape index (κ1) is 22.1. The molecule has 1 unspecified atom stereocenters. The molecule has 1 aliphatic heterocycles. The van der Waals surface area contributed by atoms with Crippen molar-refractivity contribution in [1.29, 1.82) is 0 Å². The Morgan fingerprint density at radius 2 is 1.91 bits per heavy atom. The lowest BCUT2D eigenvalue weighted by Gasteiger charge is -2.30. The summed E-state index contributed by atoms with van der Waals surface area (Å²) in [5.74, 6) is 0.862. The van der Waals surface area contributed by atoms with Gasteiger partial charge in [-0.25, -0.2) is 8.42 Å². The van der Waals surface area contributed by atoms with Gasteiger partial charge in [0.15, 0.2) is 5.76 Å². The Bertz CT molecular complexity index is 1150. The third-order valence-electron chi connectivity index (χ3n) is 5.74. The molecular weight excluding hydrogens is 432 g/mol. The summed E-state index contributed by atoms with van der Waals surface area (Å²) in [4.78, 5) is 12.7. The van der Waals surface area contributed by atoms with Gasteiger partial charge in [-0.1, -0.05) is 12.1 Å². The number of methoxy groups -OCH3 is 1. The summed E-state index contributed by atoms with van der Waals surface area (Å²) in [5.41, 5.74) is 1.58. The predicted molar refractivity (Wildman–Crippen MR) is 117 cm³/mol. The molecular formula is C22H26N4O5S. The van der Waals surface area contributed by atoms with Crippen LogP contribution in [0.25, 0.3) is 11.5 Å². The fourth-order valence-electron chi connectivity index (χ4n) is 3.79. The highest BCUT2D eigenvalue weighted by atomic mass is 32.2. The number of carbonyl (C=O) groups excluding carboxylic acids is 1. The van der Waals surface area contributed by atoms with Crippen LogP contribution in [0, 0.1) is 5.92 Å². The first-order valence-corrected chi connectivity index (χ1v) is 11.9. The second-order valence-electron chi connectivity index (χ2n) is 7.77. The van der Waals surface area contributed by atoms with Gasteiger partial charge >= 0.3 is 0 Å². The van der Waals surface area contributed by atoms with Crippen LogP contribution in [0.3, 0.4) is 0 Å². The van der Waals surface area contributed by atoms with E-state index in [1.54, 1.807) is 25.4 Å². The van der Waals surface area contributed by atoms with Crippen LogP contribution in [-0.2, 0) is 14.8 Å². The summed E-state index contributed by atoms with van der Waals surface area (Å²) in [6, 6.07) is 12.1. The molecule has 32 heavy (non-hydrogen) atoms. The number of hydrogen-bond acceptors (Lipinski definition) is 6. The van der Waals surface area contributed by atoms with Crippen LogP contribution < -0.4 is 10.1 Å². The largest absolute Gasteiger partial charge is 0.497 e. The molecule has 0 spiro atoms. The van der Waals surface area contributed by atoms with Crippen LogP contribution in [0.2, 0.25) is 0 Å². The van der Waals surface area contributed by atoms with E-state index in [9.17, 15) is 13.2 Å². The molecule has 9 nitrogen and oxygen atoms in total. The van der Waals surface area contributed by atoms with Crippen molar-refractivity contribution in [3.05, 3.63) is 54.2 Å². The van der Waals surface area contributed by atoms with Crippen LogP contribution >= 0.6 is 0 Å². The van der Waals surface area contributed by atoms with E-state index in [4.69, 9.17) is 9.15 Å². The van der Waals surface area contributed by atoms with E-state index in [1.165, 1.54) is 10.4 Å². The molecule has 3 heterocycles. The Kier molecular flexibility index (Phi) is 6.33. The van der Waals surface area contributed by atoms with Crippen LogP contribution in [0.4, 0.5) is 0 Å². The number of benzene rings is 1. The smallest absolute Gasteiger partial charge is 0.276 e. The van der Waals surface area contributed by atoms with Gasteiger partial charge in [0, 0.05) is 25.2 Å². The Morgan fingerprint density at radius 1 is 1.19 bits per heavy atom. The fourth-order valence-corrected chi connectivity index (χ4v) is 5.17. The Hall–Kier alpha value is -3.11. The number of H-pyrrole nitrogens is 1. The topological polar surface area (TPSA) is 118 Å². The van der Waals surface area contributed by atoms with Crippen molar-refractivity contribution < 1.29 is 22.4 Å². The number of furan rings is 1. The number of nitrogens with zero attached hydrogens (tertiary/aromatic N) is 2. The average Bonchev–Trinajstić information content (AvgIpc) is 3.51. The normalized spacial score (nSPS) is 16.6. The van der Waals surface area contributed by atoms with Gasteiger partial charge in [-0.15, -0.1) is 0 Å². The van der Waals surface area contributed by atoms with Gasteiger partial charge in [0.2, 0.25) is 11.0 Å². The number of aromatic nitrogens is 2. The Balaban J connectivity index is 1.34. The van der Waals surface area contributed by atoms with E-state index >= 15 is 0 Å². The SMILES string of the molecule is COc1ccc(C(C)NC(=O)C2CCN(S(=O)(=O)c3ccc(-c4ccn[nH]4)o3)CC2)cc1. The number of rotatable bonds is 7. The Morgan fingerprint density at radius 3 is 2.53 bits per heavy atom. The van der Waals surface area contributed by atoms with Crippen molar-refractivity contribution in [3.8, 4) is 17.2 Å². The summed E-state index contributed by atoms with van der Waals surface area (Å²) in [6.07, 6.45) is 2.47. The van der Waals surface area contributed by atoms with Gasteiger partial charge in [-0.2, -0.15) is 9.40 Å². The zero-order chi connectivity index (χ0) is 22.7. The molecule has 0 bridgehead atoms. The van der Waals surface area contributed by atoms with E-state index < -0.39 is 10.0 Å². The van der Waals surface area contributed by atoms with Gasteiger partial charge < -0.3 is 14.5 Å². The highest BCUT2D eigenvalue weighted by Gasteiger charge is 2.34. The molecule has 1 saturated heterocycles. The number of ether oxygens (including phenoxy) is 1. The number of nitrogens with one attached hydrogen (secondary N) is 2.